The summed E-state index contributed by atoms with van der Waals surface area (Å²) in [6.07, 6.45) is -0.937. The van der Waals surface area contributed by atoms with E-state index in [0.29, 0.717) is 11.5 Å². The Labute approximate surface area is 115 Å². The third kappa shape index (κ3) is 3.47. The molecule has 0 aliphatic heterocycles. The van der Waals surface area contributed by atoms with Crippen molar-refractivity contribution in [2.45, 2.75) is 13.0 Å². The Hall–Kier alpha value is -2.56. The minimum atomic E-state index is -1.04. The number of hydrogen-bond acceptors (Lipinski definition) is 3. The van der Waals surface area contributed by atoms with Gasteiger partial charge in [-0.1, -0.05) is 12.1 Å². The van der Waals surface area contributed by atoms with E-state index < -0.39 is 17.9 Å². The third-order valence-electron chi connectivity index (χ3n) is 2.55. The van der Waals surface area contributed by atoms with Crippen LogP contribution in [0.4, 0.5) is 4.39 Å². The zero-order chi connectivity index (χ0) is 14.5. The molecule has 5 heteroatoms. The van der Waals surface area contributed by atoms with Gasteiger partial charge in [0.25, 0.3) is 0 Å². The number of carbonyl (C=O) groups is 1. The van der Waals surface area contributed by atoms with Crippen LogP contribution in [0.15, 0.2) is 48.5 Å². The second kappa shape index (κ2) is 6.06. The van der Waals surface area contributed by atoms with Crippen LogP contribution in [0.5, 0.6) is 17.2 Å². The van der Waals surface area contributed by atoms with Gasteiger partial charge in [-0.05, 0) is 43.3 Å². The predicted molar refractivity (Wildman–Crippen MR) is 70.6 cm³/mol. The van der Waals surface area contributed by atoms with Crippen molar-refractivity contribution in [1.82, 2.24) is 0 Å². The molecular weight excluding hydrogens is 263 g/mol. The molecule has 0 aromatic heterocycles. The first-order valence-corrected chi connectivity index (χ1v) is 5.98. The molecule has 0 heterocycles. The molecular formula is C15H13FO4. The first-order valence-electron chi connectivity index (χ1n) is 5.98. The molecule has 0 aliphatic rings. The van der Waals surface area contributed by atoms with Gasteiger partial charge in [0.2, 0.25) is 0 Å². The van der Waals surface area contributed by atoms with Crippen LogP contribution in [-0.2, 0) is 4.79 Å². The van der Waals surface area contributed by atoms with Gasteiger partial charge < -0.3 is 14.6 Å². The van der Waals surface area contributed by atoms with Gasteiger partial charge in [0.1, 0.15) is 11.5 Å². The summed E-state index contributed by atoms with van der Waals surface area (Å²) >= 11 is 0. The summed E-state index contributed by atoms with van der Waals surface area (Å²) in [6, 6.07) is 12.4. The Morgan fingerprint density at radius 1 is 1.10 bits per heavy atom. The predicted octanol–water partition coefficient (Wildman–Crippen LogP) is 3.47. The maximum absolute atomic E-state index is 13.4. The third-order valence-corrected chi connectivity index (χ3v) is 2.55. The molecule has 1 atom stereocenters. The normalized spacial score (nSPS) is 11.7. The molecule has 4 nitrogen and oxygen atoms in total. The molecule has 0 spiro atoms. The number of benzene rings is 2. The first-order chi connectivity index (χ1) is 9.56. The van der Waals surface area contributed by atoms with Crippen LogP contribution < -0.4 is 9.47 Å². The lowest BCUT2D eigenvalue weighted by molar-refractivity contribution is -0.144. The molecule has 20 heavy (non-hydrogen) atoms. The van der Waals surface area contributed by atoms with Crippen molar-refractivity contribution in [3.05, 3.63) is 54.3 Å². The van der Waals surface area contributed by atoms with Gasteiger partial charge in [0, 0.05) is 0 Å². The van der Waals surface area contributed by atoms with Crippen molar-refractivity contribution in [3.8, 4) is 17.2 Å². The van der Waals surface area contributed by atoms with Crippen molar-refractivity contribution in [2.24, 2.45) is 0 Å². The van der Waals surface area contributed by atoms with Gasteiger partial charge in [-0.2, -0.15) is 0 Å². The summed E-state index contributed by atoms with van der Waals surface area (Å²) in [6.45, 7) is 1.44. The lowest BCUT2D eigenvalue weighted by atomic mass is 10.3. The number of halogens is 1. The fourth-order valence-corrected chi connectivity index (χ4v) is 1.50. The molecule has 0 aliphatic carbocycles. The van der Waals surface area contributed by atoms with E-state index in [1.54, 1.807) is 36.4 Å². The number of para-hydroxylation sites is 1. The quantitative estimate of drug-likeness (QED) is 0.908. The second-order valence-corrected chi connectivity index (χ2v) is 4.10. The van der Waals surface area contributed by atoms with Crippen LogP contribution in [0.2, 0.25) is 0 Å². The van der Waals surface area contributed by atoms with Crippen molar-refractivity contribution in [2.75, 3.05) is 0 Å². The lowest BCUT2D eigenvalue weighted by Crippen LogP contribution is -2.22. The highest BCUT2D eigenvalue weighted by atomic mass is 19.1. The van der Waals surface area contributed by atoms with E-state index in [0.717, 1.165) is 0 Å². The summed E-state index contributed by atoms with van der Waals surface area (Å²) < 4.78 is 23.9. The maximum atomic E-state index is 13.4. The molecule has 0 radical (unpaired) electrons. The van der Waals surface area contributed by atoms with Crippen LogP contribution in [0.25, 0.3) is 0 Å². The molecule has 1 N–H and O–H groups in total. The van der Waals surface area contributed by atoms with E-state index in [-0.39, 0.29) is 5.75 Å². The molecule has 0 saturated carbocycles. The summed E-state index contributed by atoms with van der Waals surface area (Å²) in [7, 11) is 0. The van der Waals surface area contributed by atoms with E-state index in [2.05, 4.69) is 0 Å². The average Bonchev–Trinajstić information content (AvgIpc) is 2.43. The highest BCUT2D eigenvalue weighted by molar-refractivity contribution is 5.72. The van der Waals surface area contributed by atoms with Crippen LogP contribution in [0.3, 0.4) is 0 Å². The van der Waals surface area contributed by atoms with Crippen LogP contribution >= 0.6 is 0 Å². The molecule has 2 aromatic carbocycles. The van der Waals surface area contributed by atoms with E-state index in [4.69, 9.17) is 14.6 Å². The highest BCUT2D eigenvalue weighted by Crippen LogP contribution is 2.26. The fraction of sp³-hybridized carbons (Fsp3) is 0.133. The summed E-state index contributed by atoms with van der Waals surface area (Å²) in [5.74, 6) is -0.532. The summed E-state index contributed by atoms with van der Waals surface area (Å²) in [5.41, 5.74) is 0. The number of aliphatic carboxylic acids is 1. The Balaban J connectivity index is 2.05. The maximum Gasteiger partial charge on any atom is 0.344 e. The SMILES string of the molecule is C[C@@H](Oc1ccc(Oc2ccccc2F)cc1)C(=O)O. The molecule has 0 unspecified atom stereocenters. The molecule has 2 aromatic rings. The largest absolute Gasteiger partial charge is 0.479 e. The molecule has 2 rings (SSSR count). The van der Waals surface area contributed by atoms with Crippen LogP contribution in [0, 0.1) is 5.82 Å². The van der Waals surface area contributed by atoms with Gasteiger partial charge in [0.05, 0.1) is 0 Å². The van der Waals surface area contributed by atoms with Crippen molar-refractivity contribution >= 4 is 5.97 Å². The van der Waals surface area contributed by atoms with Gasteiger partial charge in [-0.25, -0.2) is 9.18 Å². The van der Waals surface area contributed by atoms with E-state index >= 15 is 0 Å². The smallest absolute Gasteiger partial charge is 0.344 e. The van der Waals surface area contributed by atoms with Crippen molar-refractivity contribution < 1.29 is 23.8 Å². The summed E-state index contributed by atoms with van der Waals surface area (Å²) in [5, 5.41) is 8.73. The number of ether oxygens (including phenoxy) is 2. The topological polar surface area (TPSA) is 55.8 Å². The Morgan fingerprint density at radius 3 is 2.30 bits per heavy atom. The molecule has 0 bridgehead atoms. The van der Waals surface area contributed by atoms with Crippen LogP contribution in [-0.4, -0.2) is 17.2 Å². The highest BCUT2D eigenvalue weighted by Gasteiger charge is 2.12. The number of carboxylic acids is 1. The van der Waals surface area contributed by atoms with Crippen molar-refractivity contribution in [1.29, 1.82) is 0 Å². The van der Waals surface area contributed by atoms with E-state index in [1.807, 2.05) is 0 Å². The van der Waals surface area contributed by atoms with Gasteiger partial charge in [-0.15, -0.1) is 0 Å². The van der Waals surface area contributed by atoms with Gasteiger partial charge >= 0.3 is 5.97 Å². The standard InChI is InChI=1S/C15H13FO4/c1-10(15(17)18)19-11-6-8-12(9-7-11)20-14-5-3-2-4-13(14)16/h2-10H,1H3,(H,17,18)/t10-/m1/s1. The minimum Gasteiger partial charge on any atom is -0.479 e. The van der Waals surface area contributed by atoms with E-state index in [9.17, 15) is 9.18 Å². The summed E-state index contributed by atoms with van der Waals surface area (Å²) in [4.78, 5) is 10.7. The number of carboxylic acid groups (broad SMARTS) is 1. The van der Waals surface area contributed by atoms with E-state index in [1.165, 1.54) is 19.1 Å². The zero-order valence-corrected chi connectivity index (χ0v) is 10.7. The monoisotopic (exact) mass is 276 g/mol. The van der Waals surface area contributed by atoms with Crippen LogP contribution in [0.1, 0.15) is 6.92 Å². The Morgan fingerprint density at radius 2 is 1.70 bits per heavy atom. The molecule has 0 amide bonds. The molecule has 104 valence electrons. The van der Waals surface area contributed by atoms with Crippen molar-refractivity contribution in [3.63, 3.8) is 0 Å². The molecule has 0 saturated heterocycles. The zero-order valence-electron chi connectivity index (χ0n) is 10.7. The van der Waals surface area contributed by atoms with Gasteiger partial charge in [0.15, 0.2) is 17.7 Å². The lowest BCUT2D eigenvalue weighted by Gasteiger charge is -2.11. The fourth-order valence-electron chi connectivity index (χ4n) is 1.50. The first kappa shape index (κ1) is 13.9. The number of rotatable bonds is 5. The second-order valence-electron chi connectivity index (χ2n) is 4.10. The number of hydrogen-bond donors (Lipinski definition) is 1. The van der Waals surface area contributed by atoms with Gasteiger partial charge in [-0.3, -0.25) is 0 Å². The average molecular weight is 276 g/mol. The Kier molecular flexibility index (Phi) is 4.20. The molecule has 0 fully saturated rings. The minimum absolute atomic E-state index is 0.125. The Bertz CT molecular complexity index is 595.